The standard InChI is InChI=1S/C17H17FN2O3S/c1-2-7-23-16(22)10-24-17-13(9-19)12(8-15(21)20-17)11-5-3-4-6-14(11)18/h3-6,12H,2,7-8,10H2,1H3,(H,20,21)/t12-/m0/s1. The van der Waals surface area contributed by atoms with Gasteiger partial charge in [0, 0.05) is 12.3 Å². The second kappa shape index (κ2) is 8.50. The summed E-state index contributed by atoms with van der Waals surface area (Å²) in [7, 11) is 0. The molecule has 1 aliphatic heterocycles. The molecule has 0 radical (unpaired) electrons. The number of nitrogens with one attached hydrogen (secondary N) is 1. The number of carbonyl (C=O) groups excluding carboxylic acids is 2. The van der Waals surface area contributed by atoms with E-state index in [1.54, 1.807) is 18.2 Å². The van der Waals surface area contributed by atoms with Crippen molar-refractivity contribution in [3.8, 4) is 6.07 Å². The largest absolute Gasteiger partial charge is 0.465 e. The Morgan fingerprint density at radius 2 is 2.25 bits per heavy atom. The molecule has 24 heavy (non-hydrogen) atoms. The Morgan fingerprint density at radius 3 is 2.92 bits per heavy atom. The number of halogens is 1. The average molecular weight is 348 g/mol. The molecule has 1 amide bonds. The summed E-state index contributed by atoms with van der Waals surface area (Å²) in [6.45, 7) is 2.21. The van der Waals surface area contributed by atoms with Crippen molar-refractivity contribution in [3.63, 3.8) is 0 Å². The van der Waals surface area contributed by atoms with Crippen LogP contribution in [0.2, 0.25) is 0 Å². The summed E-state index contributed by atoms with van der Waals surface area (Å²) in [5.41, 5.74) is 0.559. The molecule has 0 saturated heterocycles. The third-order valence-electron chi connectivity index (χ3n) is 3.44. The van der Waals surface area contributed by atoms with Gasteiger partial charge in [0.05, 0.1) is 29.0 Å². The molecule has 0 aliphatic carbocycles. The van der Waals surface area contributed by atoms with Crippen molar-refractivity contribution in [1.29, 1.82) is 5.26 Å². The third-order valence-corrected chi connectivity index (χ3v) is 4.43. The third kappa shape index (κ3) is 4.36. The Morgan fingerprint density at radius 1 is 1.50 bits per heavy atom. The van der Waals surface area contributed by atoms with Crippen LogP contribution in [0.4, 0.5) is 4.39 Å². The summed E-state index contributed by atoms with van der Waals surface area (Å²) >= 11 is 1.02. The molecule has 1 N–H and O–H groups in total. The first-order chi connectivity index (χ1) is 11.6. The molecular formula is C17H17FN2O3S. The lowest BCUT2D eigenvalue weighted by Crippen LogP contribution is -2.31. The lowest BCUT2D eigenvalue weighted by atomic mass is 9.87. The molecule has 7 heteroatoms. The van der Waals surface area contributed by atoms with Crippen LogP contribution in [0.5, 0.6) is 0 Å². The van der Waals surface area contributed by atoms with Gasteiger partial charge < -0.3 is 10.1 Å². The minimum absolute atomic E-state index is 0.00579. The summed E-state index contributed by atoms with van der Waals surface area (Å²) in [5.74, 6) is -1.87. The number of nitrogens with zero attached hydrogens (tertiary/aromatic N) is 1. The van der Waals surface area contributed by atoms with Gasteiger partial charge in [-0.1, -0.05) is 36.9 Å². The second-order valence-corrected chi connectivity index (χ2v) is 6.18. The zero-order valence-electron chi connectivity index (χ0n) is 13.2. The van der Waals surface area contributed by atoms with Crippen LogP contribution in [-0.2, 0) is 14.3 Å². The number of hydrogen-bond acceptors (Lipinski definition) is 5. The topological polar surface area (TPSA) is 79.2 Å². The number of amides is 1. The minimum Gasteiger partial charge on any atom is -0.465 e. The van der Waals surface area contributed by atoms with Crippen LogP contribution in [0.1, 0.15) is 31.2 Å². The van der Waals surface area contributed by atoms with Crippen molar-refractivity contribution in [2.24, 2.45) is 0 Å². The summed E-state index contributed by atoms with van der Waals surface area (Å²) < 4.78 is 19.0. The van der Waals surface area contributed by atoms with Crippen molar-refractivity contribution in [2.45, 2.75) is 25.7 Å². The number of ether oxygens (including phenoxy) is 1. The number of hydrogen-bond donors (Lipinski definition) is 1. The highest BCUT2D eigenvalue weighted by molar-refractivity contribution is 8.03. The zero-order valence-corrected chi connectivity index (χ0v) is 14.0. The summed E-state index contributed by atoms with van der Waals surface area (Å²) in [5, 5.41) is 12.4. The molecule has 1 heterocycles. The fourth-order valence-corrected chi connectivity index (χ4v) is 3.22. The van der Waals surface area contributed by atoms with Crippen LogP contribution in [-0.4, -0.2) is 24.2 Å². The van der Waals surface area contributed by atoms with E-state index in [9.17, 15) is 19.2 Å². The molecule has 0 unspecified atom stereocenters. The van der Waals surface area contributed by atoms with Crippen LogP contribution < -0.4 is 5.32 Å². The normalized spacial score (nSPS) is 17.2. The highest BCUT2D eigenvalue weighted by Crippen LogP contribution is 2.36. The van der Waals surface area contributed by atoms with E-state index >= 15 is 0 Å². The number of nitriles is 1. The average Bonchev–Trinajstić information content (AvgIpc) is 2.58. The molecule has 0 bridgehead atoms. The Bertz CT molecular complexity index is 712. The summed E-state index contributed by atoms with van der Waals surface area (Å²) in [6.07, 6.45) is 0.711. The molecule has 0 saturated carbocycles. The van der Waals surface area contributed by atoms with Gasteiger partial charge in [-0.3, -0.25) is 9.59 Å². The zero-order chi connectivity index (χ0) is 17.5. The van der Waals surface area contributed by atoms with Crippen LogP contribution in [0.15, 0.2) is 34.9 Å². The quantitative estimate of drug-likeness (QED) is 0.800. The molecule has 0 fully saturated rings. The number of benzene rings is 1. The highest BCUT2D eigenvalue weighted by atomic mass is 32.2. The lowest BCUT2D eigenvalue weighted by molar-refractivity contribution is -0.140. The number of rotatable bonds is 6. The fourth-order valence-electron chi connectivity index (χ4n) is 2.35. The number of carbonyl (C=O) groups is 2. The van der Waals surface area contributed by atoms with Crippen molar-refractivity contribution in [3.05, 3.63) is 46.2 Å². The molecule has 0 spiro atoms. The van der Waals surface area contributed by atoms with E-state index in [0.717, 1.165) is 11.8 Å². The SMILES string of the molecule is CCCOC(=O)CSC1=C(C#N)[C@H](c2ccccc2F)CC(=O)N1. The Hall–Kier alpha value is -2.33. The van der Waals surface area contributed by atoms with Gasteiger partial charge >= 0.3 is 5.97 Å². The predicted octanol–water partition coefficient (Wildman–Crippen LogP) is 2.85. The first-order valence-corrected chi connectivity index (χ1v) is 8.52. The first kappa shape index (κ1) is 18.0. The predicted molar refractivity (Wildman–Crippen MR) is 88.2 cm³/mol. The van der Waals surface area contributed by atoms with Crippen LogP contribution in [0.25, 0.3) is 0 Å². The van der Waals surface area contributed by atoms with Gasteiger partial charge in [0.2, 0.25) is 5.91 Å². The first-order valence-electron chi connectivity index (χ1n) is 7.53. The number of allylic oxidation sites excluding steroid dienone is 1. The molecule has 5 nitrogen and oxygen atoms in total. The Balaban J connectivity index is 2.23. The van der Waals surface area contributed by atoms with Crippen molar-refractivity contribution < 1.29 is 18.7 Å². The molecular weight excluding hydrogens is 331 g/mol. The van der Waals surface area contributed by atoms with E-state index in [2.05, 4.69) is 5.32 Å². The molecule has 1 atom stereocenters. The Kier molecular flexibility index (Phi) is 6.38. The maximum absolute atomic E-state index is 14.0. The van der Waals surface area contributed by atoms with Gasteiger partial charge in [0.25, 0.3) is 0 Å². The molecule has 126 valence electrons. The van der Waals surface area contributed by atoms with E-state index in [4.69, 9.17) is 4.74 Å². The van der Waals surface area contributed by atoms with Gasteiger partial charge in [0.1, 0.15) is 5.82 Å². The van der Waals surface area contributed by atoms with Crippen LogP contribution >= 0.6 is 11.8 Å². The monoisotopic (exact) mass is 348 g/mol. The molecule has 0 aromatic heterocycles. The smallest absolute Gasteiger partial charge is 0.316 e. The Labute approximate surface area is 143 Å². The number of thioether (sulfide) groups is 1. The maximum Gasteiger partial charge on any atom is 0.316 e. The maximum atomic E-state index is 14.0. The molecule has 1 aromatic rings. The van der Waals surface area contributed by atoms with Crippen molar-refractivity contribution >= 4 is 23.6 Å². The van der Waals surface area contributed by atoms with Crippen molar-refractivity contribution in [2.75, 3.05) is 12.4 Å². The highest BCUT2D eigenvalue weighted by Gasteiger charge is 2.31. The number of esters is 1. The van der Waals surface area contributed by atoms with Gasteiger partial charge in [-0.25, -0.2) is 4.39 Å². The van der Waals surface area contributed by atoms with E-state index < -0.39 is 17.7 Å². The van der Waals surface area contributed by atoms with Gasteiger partial charge in [0.15, 0.2) is 0 Å². The van der Waals surface area contributed by atoms with Crippen LogP contribution in [0.3, 0.4) is 0 Å². The van der Waals surface area contributed by atoms with E-state index in [0.29, 0.717) is 18.6 Å². The second-order valence-electron chi connectivity index (χ2n) is 5.19. The molecule has 1 aromatic carbocycles. The molecule has 2 rings (SSSR count). The van der Waals surface area contributed by atoms with E-state index in [-0.39, 0.29) is 28.7 Å². The minimum atomic E-state index is -0.654. The summed E-state index contributed by atoms with van der Waals surface area (Å²) in [6, 6.07) is 8.12. The van der Waals surface area contributed by atoms with Gasteiger partial charge in [-0.05, 0) is 18.1 Å². The fraction of sp³-hybridized carbons (Fsp3) is 0.353. The van der Waals surface area contributed by atoms with Crippen molar-refractivity contribution in [1.82, 2.24) is 5.32 Å². The lowest BCUT2D eigenvalue weighted by Gasteiger charge is -2.25. The summed E-state index contributed by atoms with van der Waals surface area (Å²) in [4.78, 5) is 23.5. The molecule has 1 aliphatic rings. The van der Waals surface area contributed by atoms with E-state index in [1.807, 2.05) is 13.0 Å². The van der Waals surface area contributed by atoms with Gasteiger partial charge in [-0.2, -0.15) is 5.26 Å². The van der Waals surface area contributed by atoms with Gasteiger partial charge in [-0.15, -0.1) is 0 Å². The van der Waals surface area contributed by atoms with E-state index in [1.165, 1.54) is 6.07 Å². The van der Waals surface area contributed by atoms with Crippen LogP contribution in [0, 0.1) is 17.1 Å².